The maximum absolute atomic E-state index is 12.8. The summed E-state index contributed by atoms with van der Waals surface area (Å²) in [5.74, 6) is 0.993. The Labute approximate surface area is 144 Å². The highest BCUT2D eigenvalue weighted by molar-refractivity contribution is 8.00. The van der Waals surface area contributed by atoms with E-state index in [1.165, 1.54) is 22.8 Å². The van der Waals surface area contributed by atoms with E-state index in [2.05, 4.69) is 9.82 Å². The smallest absolute Gasteiger partial charge is 0.313 e. The summed E-state index contributed by atoms with van der Waals surface area (Å²) in [5.41, 5.74) is -0.665. The van der Waals surface area contributed by atoms with Gasteiger partial charge in [0, 0.05) is 5.75 Å². The SMILES string of the molecule is CCSNc1c(C#N)cnn1-c1c(Cl)cc(C(F)(F)F)cc1Cl. The average molecular weight is 381 g/mol. The van der Waals surface area contributed by atoms with Crippen molar-refractivity contribution in [1.82, 2.24) is 9.78 Å². The van der Waals surface area contributed by atoms with Crippen LogP contribution in [0.4, 0.5) is 19.0 Å². The first kappa shape index (κ1) is 17.8. The van der Waals surface area contributed by atoms with Crippen LogP contribution in [0.1, 0.15) is 18.1 Å². The highest BCUT2D eigenvalue weighted by Crippen LogP contribution is 2.38. The molecule has 4 nitrogen and oxygen atoms in total. The van der Waals surface area contributed by atoms with E-state index < -0.39 is 11.7 Å². The van der Waals surface area contributed by atoms with Crippen LogP contribution in [0.25, 0.3) is 5.69 Å². The van der Waals surface area contributed by atoms with Crippen molar-refractivity contribution in [3.8, 4) is 11.8 Å². The third kappa shape index (κ3) is 3.68. The van der Waals surface area contributed by atoms with Gasteiger partial charge in [-0.1, -0.05) is 42.1 Å². The van der Waals surface area contributed by atoms with Crippen molar-refractivity contribution in [1.29, 1.82) is 5.26 Å². The Kier molecular flexibility index (Phi) is 5.34. The second kappa shape index (κ2) is 6.91. The summed E-state index contributed by atoms with van der Waals surface area (Å²) in [6.45, 7) is 1.89. The lowest BCUT2D eigenvalue weighted by atomic mass is 10.2. The summed E-state index contributed by atoms with van der Waals surface area (Å²) < 4.78 is 42.5. The summed E-state index contributed by atoms with van der Waals surface area (Å²) in [6, 6.07) is 3.49. The van der Waals surface area contributed by atoms with Gasteiger partial charge in [-0.25, -0.2) is 4.68 Å². The fraction of sp³-hybridized carbons (Fsp3) is 0.231. The Morgan fingerprint density at radius 2 is 1.96 bits per heavy atom. The topological polar surface area (TPSA) is 53.6 Å². The highest BCUT2D eigenvalue weighted by Gasteiger charge is 2.32. The molecular weight excluding hydrogens is 372 g/mol. The molecule has 0 aliphatic heterocycles. The fourth-order valence-electron chi connectivity index (χ4n) is 1.77. The van der Waals surface area contributed by atoms with Crippen LogP contribution < -0.4 is 4.72 Å². The second-order valence-corrected chi connectivity index (χ2v) is 6.14. The first-order valence-electron chi connectivity index (χ1n) is 6.22. The van der Waals surface area contributed by atoms with Crippen LogP contribution in [-0.2, 0) is 6.18 Å². The fourth-order valence-corrected chi connectivity index (χ4v) is 2.89. The lowest BCUT2D eigenvalue weighted by Crippen LogP contribution is -2.08. The zero-order valence-corrected chi connectivity index (χ0v) is 13.9. The number of halogens is 5. The molecule has 1 aromatic carbocycles. The van der Waals surface area contributed by atoms with Crippen LogP contribution in [0.15, 0.2) is 18.3 Å². The number of nitrogens with one attached hydrogen (secondary N) is 1. The Morgan fingerprint density at radius 1 is 1.35 bits per heavy atom. The van der Waals surface area contributed by atoms with Gasteiger partial charge in [0.25, 0.3) is 0 Å². The number of alkyl halides is 3. The molecule has 0 fully saturated rings. The zero-order chi connectivity index (χ0) is 17.2. The number of anilines is 1. The third-order valence-electron chi connectivity index (χ3n) is 2.76. The molecule has 0 amide bonds. The van der Waals surface area contributed by atoms with Crippen LogP contribution in [0, 0.1) is 11.3 Å². The number of nitriles is 1. The van der Waals surface area contributed by atoms with E-state index in [1.807, 2.05) is 13.0 Å². The minimum Gasteiger partial charge on any atom is -0.313 e. The van der Waals surface area contributed by atoms with Crippen LogP contribution in [-0.4, -0.2) is 15.5 Å². The maximum atomic E-state index is 12.8. The van der Waals surface area contributed by atoms with Crippen molar-refractivity contribution in [3.05, 3.63) is 39.5 Å². The molecule has 0 radical (unpaired) electrons. The molecule has 2 aromatic rings. The molecule has 1 heterocycles. The first-order chi connectivity index (χ1) is 10.8. The molecule has 23 heavy (non-hydrogen) atoms. The maximum Gasteiger partial charge on any atom is 0.416 e. The molecular formula is C13H9Cl2F3N4S. The van der Waals surface area contributed by atoms with Gasteiger partial charge < -0.3 is 4.72 Å². The van der Waals surface area contributed by atoms with Crippen molar-refractivity contribution >= 4 is 41.0 Å². The molecule has 1 N–H and O–H groups in total. The summed E-state index contributed by atoms with van der Waals surface area (Å²) in [6.07, 6.45) is -3.28. The Morgan fingerprint density at radius 3 is 2.43 bits per heavy atom. The predicted octanol–water partition coefficient (Wildman–Crippen LogP) is 5.15. The Hall–Kier alpha value is -1.56. The molecule has 10 heteroatoms. The van der Waals surface area contributed by atoms with Gasteiger partial charge in [-0.05, 0) is 12.1 Å². The molecule has 2 rings (SSSR count). The molecule has 0 aliphatic rings. The van der Waals surface area contributed by atoms with E-state index >= 15 is 0 Å². The molecule has 0 unspecified atom stereocenters. The van der Waals surface area contributed by atoms with E-state index in [0.29, 0.717) is 11.6 Å². The van der Waals surface area contributed by atoms with E-state index in [-0.39, 0.29) is 21.3 Å². The van der Waals surface area contributed by atoms with E-state index in [0.717, 1.165) is 12.1 Å². The minimum atomic E-state index is -4.56. The Bertz CT molecular complexity index is 745. The molecule has 1 aromatic heterocycles. The van der Waals surface area contributed by atoms with Gasteiger partial charge in [-0.2, -0.15) is 23.5 Å². The van der Waals surface area contributed by atoms with E-state index in [9.17, 15) is 13.2 Å². The van der Waals surface area contributed by atoms with Gasteiger partial charge in [-0.15, -0.1) is 0 Å². The van der Waals surface area contributed by atoms with Crippen molar-refractivity contribution in [2.45, 2.75) is 13.1 Å². The number of hydrogen-bond donors (Lipinski definition) is 1. The summed E-state index contributed by atoms with van der Waals surface area (Å²) in [7, 11) is 0. The summed E-state index contributed by atoms with van der Waals surface area (Å²) in [4.78, 5) is 0. The quantitative estimate of drug-likeness (QED) is 0.745. The number of aromatic nitrogens is 2. The van der Waals surface area contributed by atoms with Crippen molar-refractivity contribution in [3.63, 3.8) is 0 Å². The first-order valence-corrected chi connectivity index (χ1v) is 7.96. The summed E-state index contributed by atoms with van der Waals surface area (Å²) in [5, 5.41) is 12.7. The molecule has 0 saturated heterocycles. The van der Waals surface area contributed by atoms with Crippen molar-refractivity contribution in [2.75, 3.05) is 10.5 Å². The molecule has 0 spiro atoms. The largest absolute Gasteiger partial charge is 0.416 e. The van der Waals surface area contributed by atoms with Gasteiger partial charge >= 0.3 is 6.18 Å². The van der Waals surface area contributed by atoms with Crippen LogP contribution in [0.2, 0.25) is 10.0 Å². The molecule has 0 bridgehead atoms. The third-order valence-corrected chi connectivity index (χ3v) is 3.96. The highest BCUT2D eigenvalue weighted by atomic mass is 35.5. The monoisotopic (exact) mass is 380 g/mol. The summed E-state index contributed by atoms with van der Waals surface area (Å²) >= 11 is 13.2. The van der Waals surface area contributed by atoms with Gasteiger partial charge in [-0.3, -0.25) is 0 Å². The van der Waals surface area contributed by atoms with Gasteiger partial charge in [0.1, 0.15) is 17.3 Å². The Balaban J connectivity index is 2.60. The minimum absolute atomic E-state index is 0.0713. The van der Waals surface area contributed by atoms with Crippen LogP contribution >= 0.6 is 35.1 Å². The predicted molar refractivity (Wildman–Crippen MR) is 85.1 cm³/mol. The van der Waals surface area contributed by atoms with Gasteiger partial charge in [0.2, 0.25) is 0 Å². The van der Waals surface area contributed by atoms with Crippen molar-refractivity contribution < 1.29 is 13.2 Å². The zero-order valence-electron chi connectivity index (χ0n) is 11.6. The normalized spacial score (nSPS) is 11.3. The van der Waals surface area contributed by atoms with Crippen molar-refractivity contribution in [2.24, 2.45) is 0 Å². The number of hydrogen-bond acceptors (Lipinski definition) is 4. The molecule has 0 aliphatic carbocycles. The van der Waals surface area contributed by atoms with Gasteiger partial charge in [0.05, 0.1) is 21.8 Å². The average Bonchev–Trinajstić information content (AvgIpc) is 2.86. The van der Waals surface area contributed by atoms with E-state index in [1.54, 1.807) is 0 Å². The van der Waals surface area contributed by atoms with Gasteiger partial charge in [0.15, 0.2) is 5.82 Å². The second-order valence-electron chi connectivity index (χ2n) is 4.25. The number of benzene rings is 1. The van der Waals surface area contributed by atoms with Crippen LogP contribution in [0.5, 0.6) is 0 Å². The lowest BCUT2D eigenvalue weighted by molar-refractivity contribution is -0.137. The lowest BCUT2D eigenvalue weighted by Gasteiger charge is -2.14. The number of rotatable bonds is 4. The van der Waals surface area contributed by atoms with E-state index in [4.69, 9.17) is 28.5 Å². The number of nitrogens with zero attached hydrogens (tertiary/aromatic N) is 3. The standard InChI is InChI=1S/C13H9Cl2F3N4S/c1-2-23-21-12-7(5-19)6-20-22(12)11-9(14)3-8(4-10(11)15)13(16,17)18/h3-4,6,21H,2H2,1H3. The molecule has 122 valence electrons. The molecule has 0 saturated carbocycles. The molecule has 0 atom stereocenters. The van der Waals surface area contributed by atoms with Crippen LogP contribution in [0.3, 0.4) is 0 Å².